The van der Waals surface area contributed by atoms with E-state index < -0.39 is 30.0 Å². The highest BCUT2D eigenvalue weighted by molar-refractivity contribution is 5.92. The monoisotopic (exact) mass is 339 g/mol. The van der Waals surface area contributed by atoms with Crippen LogP contribution in [-0.4, -0.2) is 17.6 Å². The van der Waals surface area contributed by atoms with Crippen LogP contribution in [0.25, 0.3) is 0 Å². The Morgan fingerprint density at radius 3 is 2.58 bits per heavy atom. The molecule has 2 aromatic carbocycles. The number of amides is 1. The molecule has 2 aromatic rings. The third-order valence-corrected chi connectivity index (χ3v) is 3.31. The molecule has 0 radical (unpaired) electrons. The lowest BCUT2D eigenvalue weighted by atomic mass is 10.1. The highest BCUT2D eigenvalue weighted by Crippen LogP contribution is 2.35. The number of carbonyl (C=O) groups is 1. The molecule has 0 saturated heterocycles. The summed E-state index contributed by atoms with van der Waals surface area (Å²) < 4.78 is 43.6. The highest BCUT2D eigenvalue weighted by Gasteiger charge is 2.34. The van der Waals surface area contributed by atoms with Crippen LogP contribution in [0.1, 0.15) is 16.7 Å². The van der Waals surface area contributed by atoms with Gasteiger partial charge in [0, 0.05) is 5.69 Å². The Morgan fingerprint density at radius 1 is 1.21 bits per heavy atom. The van der Waals surface area contributed by atoms with Crippen molar-refractivity contribution in [3.63, 3.8) is 0 Å². The van der Waals surface area contributed by atoms with Gasteiger partial charge < -0.3 is 15.2 Å². The minimum absolute atomic E-state index is 0.182. The van der Waals surface area contributed by atoms with Crippen LogP contribution < -0.4 is 10.1 Å². The maximum absolute atomic E-state index is 12.9. The molecule has 0 atom stereocenters. The molecule has 0 spiro atoms. The maximum atomic E-state index is 12.9. The van der Waals surface area contributed by atoms with E-state index in [2.05, 4.69) is 5.32 Å². The average molecular weight is 339 g/mol. The molecule has 7 heteroatoms. The van der Waals surface area contributed by atoms with E-state index in [1.54, 1.807) is 25.1 Å². The standard InChI is InChI=1S/C17H16F3NO3/c1-11-6-7-12(9-22)8-14(11)21-16(23)10-24-15-5-3-2-4-13(15)17(18,19)20/h2-8,22H,9-10H2,1H3,(H,21,23). The molecule has 128 valence electrons. The molecule has 0 unspecified atom stereocenters. The summed E-state index contributed by atoms with van der Waals surface area (Å²) in [5, 5.41) is 11.7. The molecular weight excluding hydrogens is 323 g/mol. The van der Waals surface area contributed by atoms with Crippen molar-refractivity contribution in [2.24, 2.45) is 0 Å². The lowest BCUT2D eigenvalue weighted by Crippen LogP contribution is -2.21. The van der Waals surface area contributed by atoms with E-state index in [0.717, 1.165) is 17.7 Å². The van der Waals surface area contributed by atoms with Gasteiger partial charge in [0.1, 0.15) is 5.75 Å². The van der Waals surface area contributed by atoms with Gasteiger partial charge in [-0.25, -0.2) is 0 Å². The lowest BCUT2D eigenvalue weighted by Gasteiger charge is -2.14. The number of alkyl halides is 3. The zero-order valence-electron chi connectivity index (χ0n) is 12.9. The third-order valence-electron chi connectivity index (χ3n) is 3.31. The molecule has 0 aliphatic rings. The van der Waals surface area contributed by atoms with Crippen molar-refractivity contribution in [2.45, 2.75) is 19.7 Å². The van der Waals surface area contributed by atoms with Crippen molar-refractivity contribution in [3.8, 4) is 5.75 Å². The molecular formula is C17H16F3NO3. The number of halogens is 3. The normalized spacial score (nSPS) is 11.2. The summed E-state index contributed by atoms with van der Waals surface area (Å²) in [4.78, 5) is 11.9. The SMILES string of the molecule is Cc1ccc(CO)cc1NC(=O)COc1ccccc1C(F)(F)F. The molecule has 0 bridgehead atoms. The number of carbonyl (C=O) groups excluding carboxylic acids is 1. The Balaban J connectivity index is 2.05. The molecule has 2 N–H and O–H groups in total. The molecule has 0 fully saturated rings. The Bertz CT molecular complexity index is 729. The molecule has 0 aliphatic heterocycles. The number of aliphatic hydroxyl groups excluding tert-OH is 1. The van der Waals surface area contributed by atoms with E-state index >= 15 is 0 Å². The van der Waals surface area contributed by atoms with Gasteiger partial charge in [-0.3, -0.25) is 4.79 Å². The van der Waals surface area contributed by atoms with Gasteiger partial charge in [0.15, 0.2) is 6.61 Å². The molecule has 4 nitrogen and oxygen atoms in total. The van der Waals surface area contributed by atoms with Gasteiger partial charge >= 0.3 is 6.18 Å². The molecule has 0 aromatic heterocycles. The Labute approximate surface area is 136 Å². The summed E-state index contributed by atoms with van der Waals surface area (Å²) in [6.45, 7) is 1.02. The van der Waals surface area contributed by atoms with Crippen LogP contribution in [0.2, 0.25) is 0 Å². The number of para-hydroxylation sites is 1. The van der Waals surface area contributed by atoms with E-state index in [-0.39, 0.29) is 6.61 Å². The number of aliphatic hydroxyl groups is 1. The number of anilines is 1. The van der Waals surface area contributed by atoms with Crippen LogP contribution in [0.15, 0.2) is 42.5 Å². The Hall–Kier alpha value is -2.54. The van der Waals surface area contributed by atoms with Crippen LogP contribution in [0.5, 0.6) is 5.75 Å². The lowest BCUT2D eigenvalue weighted by molar-refractivity contribution is -0.139. The first-order chi connectivity index (χ1) is 11.3. The number of benzene rings is 2. The molecule has 0 saturated carbocycles. The highest BCUT2D eigenvalue weighted by atomic mass is 19.4. The fraction of sp³-hybridized carbons (Fsp3) is 0.235. The summed E-state index contributed by atoms with van der Waals surface area (Å²) >= 11 is 0. The number of nitrogens with one attached hydrogen (secondary N) is 1. The van der Waals surface area contributed by atoms with Crippen molar-refractivity contribution in [3.05, 3.63) is 59.2 Å². The number of ether oxygens (including phenoxy) is 1. The molecule has 0 aliphatic carbocycles. The predicted octanol–water partition coefficient (Wildman–Crippen LogP) is 3.52. The van der Waals surface area contributed by atoms with Crippen molar-refractivity contribution >= 4 is 11.6 Å². The number of rotatable bonds is 5. The Morgan fingerprint density at radius 2 is 1.92 bits per heavy atom. The minimum atomic E-state index is -4.56. The third kappa shape index (κ3) is 4.48. The van der Waals surface area contributed by atoms with Crippen molar-refractivity contribution in [1.82, 2.24) is 0 Å². The summed E-state index contributed by atoms with van der Waals surface area (Å²) in [5.41, 5.74) is 0.908. The summed E-state index contributed by atoms with van der Waals surface area (Å²) in [7, 11) is 0. The first-order valence-electron chi connectivity index (χ1n) is 7.10. The largest absolute Gasteiger partial charge is 0.483 e. The zero-order valence-corrected chi connectivity index (χ0v) is 12.9. The van der Waals surface area contributed by atoms with Crippen LogP contribution in [0, 0.1) is 6.92 Å². The average Bonchev–Trinajstić information content (AvgIpc) is 2.54. The van der Waals surface area contributed by atoms with Gasteiger partial charge in [0.05, 0.1) is 12.2 Å². The van der Waals surface area contributed by atoms with E-state index in [4.69, 9.17) is 9.84 Å². The van der Waals surface area contributed by atoms with Gasteiger partial charge in [-0.05, 0) is 36.2 Å². The van der Waals surface area contributed by atoms with Crippen molar-refractivity contribution in [2.75, 3.05) is 11.9 Å². The fourth-order valence-electron chi connectivity index (χ4n) is 2.06. The smallest absolute Gasteiger partial charge is 0.419 e. The van der Waals surface area contributed by atoms with Crippen LogP contribution in [0.3, 0.4) is 0 Å². The van der Waals surface area contributed by atoms with Crippen LogP contribution in [0.4, 0.5) is 18.9 Å². The van der Waals surface area contributed by atoms with Crippen LogP contribution >= 0.6 is 0 Å². The van der Waals surface area contributed by atoms with E-state index in [1.807, 2.05) is 0 Å². The first kappa shape index (κ1) is 17.8. The Kier molecular flexibility index (Phi) is 5.46. The molecule has 1 amide bonds. The second kappa shape index (κ2) is 7.35. The minimum Gasteiger partial charge on any atom is -0.483 e. The van der Waals surface area contributed by atoms with E-state index in [0.29, 0.717) is 11.3 Å². The maximum Gasteiger partial charge on any atom is 0.419 e. The first-order valence-corrected chi connectivity index (χ1v) is 7.10. The summed E-state index contributed by atoms with van der Waals surface area (Å²) in [6, 6.07) is 9.73. The second-order valence-corrected chi connectivity index (χ2v) is 5.14. The molecule has 24 heavy (non-hydrogen) atoms. The van der Waals surface area contributed by atoms with Crippen molar-refractivity contribution in [1.29, 1.82) is 0 Å². The van der Waals surface area contributed by atoms with Crippen molar-refractivity contribution < 1.29 is 27.8 Å². The quantitative estimate of drug-likeness (QED) is 0.876. The van der Waals surface area contributed by atoms with Gasteiger partial charge in [-0.1, -0.05) is 24.3 Å². The van der Waals surface area contributed by atoms with Gasteiger partial charge in [0.25, 0.3) is 5.91 Å². The zero-order chi connectivity index (χ0) is 17.7. The molecule has 0 heterocycles. The predicted molar refractivity (Wildman–Crippen MR) is 82.7 cm³/mol. The fourth-order valence-corrected chi connectivity index (χ4v) is 2.06. The summed E-state index contributed by atoms with van der Waals surface area (Å²) in [6.07, 6.45) is -4.56. The number of aryl methyl sites for hydroxylation is 1. The number of hydrogen-bond donors (Lipinski definition) is 2. The van der Waals surface area contributed by atoms with Gasteiger partial charge in [-0.2, -0.15) is 13.2 Å². The van der Waals surface area contributed by atoms with Gasteiger partial charge in [-0.15, -0.1) is 0 Å². The van der Waals surface area contributed by atoms with Crippen LogP contribution in [-0.2, 0) is 17.6 Å². The van der Waals surface area contributed by atoms with E-state index in [1.165, 1.54) is 12.1 Å². The van der Waals surface area contributed by atoms with E-state index in [9.17, 15) is 18.0 Å². The topological polar surface area (TPSA) is 58.6 Å². The number of hydrogen-bond acceptors (Lipinski definition) is 3. The molecule has 2 rings (SSSR count). The summed E-state index contributed by atoms with van der Waals surface area (Å²) in [5.74, 6) is -0.994. The van der Waals surface area contributed by atoms with Gasteiger partial charge in [0.2, 0.25) is 0 Å². The second-order valence-electron chi connectivity index (χ2n) is 5.14.